The minimum absolute atomic E-state index is 0.00214. The molecule has 1 saturated heterocycles. The van der Waals surface area contributed by atoms with Crippen molar-refractivity contribution in [1.29, 1.82) is 0 Å². The van der Waals surface area contributed by atoms with Gasteiger partial charge in [0.25, 0.3) is 0 Å². The highest BCUT2D eigenvalue weighted by molar-refractivity contribution is 7.91. The minimum Gasteiger partial charge on any atom is -0.508 e. The first-order valence-electron chi connectivity index (χ1n) is 6.37. The topological polar surface area (TPSA) is 86.7 Å². The monoisotopic (exact) mass is 298 g/mol. The van der Waals surface area contributed by atoms with Crippen LogP contribution in [0.15, 0.2) is 24.3 Å². The van der Waals surface area contributed by atoms with E-state index in [0.29, 0.717) is 12.2 Å². The van der Waals surface area contributed by atoms with E-state index in [4.69, 9.17) is 0 Å². The first-order valence-corrected chi connectivity index (χ1v) is 8.19. The van der Waals surface area contributed by atoms with Crippen molar-refractivity contribution in [3.05, 3.63) is 24.3 Å². The number of carbonyl (C=O) groups is 1. The molecule has 1 aliphatic heterocycles. The molecule has 1 fully saturated rings. The maximum Gasteiger partial charge on any atom is 0.228 e. The molecule has 1 aromatic rings. The number of hydrogen-bond acceptors (Lipinski definition) is 5. The molecule has 1 heterocycles. The van der Waals surface area contributed by atoms with Crippen LogP contribution in [0.3, 0.4) is 0 Å². The minimum atomic E-state index is -3.04. The van der Waals surface area contributed by atoms with Crippen LogP contribution in [0.25, 0.3) is 0 Å². The smallest absolute Gasteiger partial charge is 0.228 e. The Morgan fingerprint density at radius 1 is 1.40 bits per heavy atom. The Labute approximate surface area is 118 Å². The van der Waals surface area contributed by atoms with Crippen LogP contribution in [-0.4, -0.2) is 50.6 Å². The molecule has 0 aliphatic carbocycles. The molecule has 0 radical (unpaired) electrons. The Bertz CT molecular complexity index is 583. The van der Waals surface area contributed by atoms with E-state index < -0.39 is 9.84 Å². The maximum absolute atomic E-state index is 12.1. The number of rotatable bonds is 3. The van der Waals surface area contributed by atoms with Gasteiger partial charge in [-0.2, -0.15) is 0 Å². The largest absolute Gasteiger partial charge is 0.508 e. The second kappa shape index (κ2) is 5.80. The van der Waals surface area contributed by atoms with Crippen LogP contribution < -0.4 is 10.2 Å². The predicted octanol–water partition coefficient (Wildman–Crippen LogP) is 0.132. The van der Waals surface area contributed by atoms with Gasteiger partial charge < -0.3 is 15.3 Å². The van der Waals surface area contributed by atoms with Crippen LogP contribution in [-0.2, 0) is 14.6 Å². The third-order valence-electron chi connectivity index (χ3n) is 3.33. The van der Waals surface area contributed by atoms with Gasteiger partial charge >= 0.3 is 0 Å². The van der Waals surface area contributed by atoms with Gasteiger partial charge in [-0.1, -0.05) is 0 Å². The number of nitrogens with zero attached hydrogens (tertiary/aromatic N) is 1. The number of anilines is 1. The lowest BCUT2D eigenvalue weighted by molar-refractivity contribution is -0.118. The van der Waals surface area contributed by atoms with Gasteiger partial charge in [-0.05, 0) is 24.3 Å². The zero-order valence-electron chi connectivity index (χ0n) is 11.2. The normalized spacial score (nSPS) is 21.4. The van der Waals surface area contributed by atoms with E-state index in [1.54, 1.807) is 19.2 Å². The summed E-state index contributed by atoms with van der Waals surface area (Å²) in [6.45, 7) is 0.392. The number of sulfone groups is 1. The average molecular weight is 298 g/mol. The second-order valence-electron chi connectivity index (χ2n) is 4.94. The van der Waals surface area contributed by atoms with Gasteiger partial charge in [0.15, 0.2) is 9.84 Å². The molecule has 20 heavy (non-hydrogen) atoms. The molecule has 1 atom stereocenters. The van der Waals surface area contributed by atoms with Crippen molar-refractivity contribution in [2.45, 2.75) is 12.5 Å². The number of benzene rings is 1. The van der Waals surface area contributed by atoms with Gasteiger partial charge in [-0.25, -0.2) is 8.42 Å². The molecule has 2 N–H and O–H groups in total. The van der Waals surface area contributed by atoms with E-state index >= 15 is 0 Å². The van der Waals surface area contributed by atoms with Crippen molar-refractivity contribution in [2.75, 3.05) is 30.0 Å². The Balaban J connectivity index is 1.99. The summed E-state index contributed by atoms with van der Waals surface area (Å²) in [5.41, 5.74) is 0.659. The number of amides is 1. The lowest BCUT2D eigenvalue weighted by atomic mass is 10.2. The highest BCUT2D eigenvalue weighted by atomic mass is 32.2. The van der Waals surface area contributed by atoms with Gasteiger partial charge in [0.05, 0.1) is 11.5 Å². The van der Waals surface area contributed by atoms with E-state index in [2.05, 4.69) is 5.32 Å². The van der Waals surface area contributed by atoms with Crippen molar-refractivity contribution in [3.63, 3.8) is 0 Å². The number of phenolic OH excluding ortho intramolecular Hbond substituents is 1. The SMILES string of the molecule is CN(C(=O)CC1CS(=O)(=O)CCN1)c1ccc(O)cc1. The highest BCUT2D eigenvalue weighted by Gasteiger charge is 2.27. The molecule has 6 nitrogen and oxygen atoms in total. The molecule has 1 amide bonds. The Morgan fingerprint density at radius 2 is 2.05 bits per heavy atom. The Hall–Kier alpha value is -1.60. The number of phenols is 1. The van der Waals surface area contributed by atoms with Crippen molar-refractivity contribution < 1.29 is 18.3 Å². The summed E-state index contributed by atoms with van der Waals surface area (Å²) in [7, 11) is -1.41. The zero-order chi connectivity index (χ0) is 14.8. The third kappa shape index (κ3) is 3.71. The van der Waals surface area contributed by atoms with Gasteiger partial charge in [-0.15, -0.1) is 0 Å². The molecular formula is C13H18N2O4S. The number of hydrogen-bond donors (Lipinski definition) is 2. The first-order chi connectivity index (χ1) is 9.37. The van der Waals surface area contributed by atoms with Crippen LogP contribution in [0.2, 0.25) is 0 Å². The Kier molecular flexibility index (Phi) is 4.29. The fourth-order valence-electron chi connectivity index (χ4n) is 2.17. The Morgan fingerprint density at radius 3 is 2.65 bits per heavy atom. The van der Waals surface area contributed by atoms with E-state index in [1.807, 2.05) is 0 Å². The third-order valence-corrected chi connectivity index (χ3v) is 5.07. The first kappa shape index (κ1) is 14.8. The standard InChI is InChI=1S/C13H18N2O4S/c1-15(11-2-4-12(16)5-3-11)13(17)8-10-9-20(18,19)7-6-14-10/h2-5,10,14,16H,6-9H2,1H3. The van der Waals surface area contributed by atoms with Crippen molar-refractivity contribution in [1.82, 2.24) is 5.32 Å². The molecule has 7 heteroatoms. The molecule has 110 valence electrons. The fourth-order valence-corrected chi connectivity index (χ4v) is 3.61. The second-order valence-corrected chi connectivity index (χ2v) is 7.17. The van der Waals surface area contributed by atoms with Crippen LogP contribution in [0.5, 0.6) is 5.75 Å². The van der Waals surface area contributed by atoms with Gasteiger partial charge in [0.1, 0.15) is 5.75 Å². The predicted molar refractivity (Wildman–Crippen MR) is 76.6 cm³/mol. The number of aromatic hydroxyl groups is 1. The van der Waals surface area contributed by atoms with Crippen molar-refractivity contribution >= 4 is 21.4 Å². The van der Waals surface area contributed by atoms with Crippen LogP contribution in [0.1, 0.15) is 6.42 Å². The van der Waals surface area contributed by atoms with E-state index in [0.717, 1.165) is 0 Å². The van der Waals surface area contributed by atoms with Crippen molar-refractivity contribution in [2.24, 2.45) is 0 Å². The van der Waals surface area contributed by atoms with E-state index in [1.165, 1.54) is 17.0 Å². The lowest BCUT2D eigenvalue weighted by Gasteiger charge is -2.25. The number of nitrogens with one attached hydrogen (secondary N) is 1. The zero-order valence-corrected chi connectivity index (χ0v) is 12.1. The van der Waals surface area contributed by atoms with E-state index in [9.17, 15) is 18.3 Å². The summed E-state index contributed by atoms with van der Waals surface area (Å²) >= 11 is 0. The van der Waals surface area contributed by atoms with Gasteiger partial charge in [0, 0.05) is 31.7 Å². The molecule has 0 aromatic heterocycles. The van der Waals surface area contributed by atoms with Crippen LogP contribution in [0, 0.1) is 0 Å². The van der Waals surface area contributed by atoms with Gasteiger partial charge in [0.2, 0.25) is 5.91 Å². The fraction of sp³-hybridized carbons (Fsp3) is 0.462. The van der Waals surface area contributed by atoms with Crippen molar-refractivity contribution in [3.8, 4) is 5.75 Å². The molecule has 1 unspecified atom stereocenters. The summed E-state index contributed by atoms with van der Waals surface area (Å²) < 4.78 is 23.1. The van der Waals surface area contributed by atoms with Crippen LogP contribution in [0.4, 0.5) is 5.69 Å². The molecule has 2 rings (SSSR count). The summed E-state index contributed by atoms with van der Waals surface area (Å²) in [5.74, 6) is 0.105. The highest BCUT2D eigenvalue weighted by Crippen LogP contribution is 2.18. The molecule has 0 bridgehead atoms. The summed E-state index contributed by atoms with van der Waals surface area (Å²) in [6, 6.07) is 5.95. The van der Waals surface area contributed by atoms with E-state index in [-0.39, 0.29) is 35.6 Å². The average Bonchev–Trinajstić information content (AvgIpc) is 2.37. The summed E-state index contributed by atoms with van der Waals surface area (Å²) in [5, 5.41) is 12.3. The number of carbonyl (C=O) groups excluding carboxylic acids is 1. The maximum atomic E-state index is 12.1. The summed E-state index contributed by atoms with van der Waals surface area (Å²) in [4.78, 5) is 13.6. The van der Waals surface area contributed by atoms with Crippen LogP contribution >= 0.6 is 0 Å². The molecule has 1 aromatic carbocycles. The molecule has 0 spiro atoms. The molecule has 0 saturated carbocycles. The molecular weight excluding hydrogens is 280 g/mol. The molecule has 1 aliphatic rings. The quantitative estimate of drug-likeness (QED) is 0.828. The van der Waals surface area contributed by atoms with Gasteiger partial charge in [-0.3, -0.25) is 4.79 Å². The summed E-state index contributed by atoms with van der Waals surface area (Å²) in [6.07, 6.45) is 0.136. The lowest BCUT2D eigenvalue weighted by Crippen LogP contribution is -2.47.